The molecular formula is C12H12KNO3. The number of aliphatic carboxylic acids is 1. The van der Waals surface area contributed by atoms with Gasteiger partial charge in [-0.1, -0.05) is 36.4 Å². The Kier molecular flexibility index (Phi) is 8.37. The maximum Gasteiger partial charge on any atom is 1.00 e. The third kappa shape index (κ3) is 5.61. The Morgan fingerprint density at radius 2 is 2.06 bits per heavy atom. The molecule has 1 aromatic carbocycles. The molecule has 1 N–H and O–H groups in total. The van der Waals surface area contributed by atoms with Gasteiger partial charge < -0.3 is 10.2 Å². The Bertz CT molecular complexity index is 403. The monoisotopic (exact) mass is 257 g/mol. The van der Waals surface area contributed by atoms with Gasteiger partial charge in [-0.05, 0) is 17.9 Å². The number of benzene rings is 1. The topological polar surface area (TPSA) is 72.7 Å². The molecular weight excluding hydrogens is 245 g/mol. The second kappa shape index (κ2) is 8.60. The van der Waals surface area contributed by atoms with E-state index in [1.54, 1.807) is 30.3 Å². The van der Waals surface area contributed by atoms with Crippen LogP contribution in [-0.2, 0) is 4.79 Å². The minimum absolute atomic E-state index is 0. The van der Waals surface area contributed by atoms with Crippen LogP contribution in [0.3, 0.4) is 0 Å². The minimum atomic E-state index is -1.12. The van der Waals surface area contributed by atoms with Gasteiger partial charge in [0.15, 0.2) is 0 Å². The normalized spacial score (nSPS) is 12.4. The first-order chi connectivity index (χ1) is 7.65. The smallest absolute Gasteiger partial charge is 0.858 e. The largest absolute Gasteiger partial charge is 1.00 e. The first kappa shape index (κ1) is 16.5. The molecule has 0 aliphatic carbocycles. The predicted octanol–water partition coefficient (Wildman–Crippen LogP) is -2.17. The summed E-state index contributed by atoms with van der Waals surface area (Å²) in [5.41, 5.74) is 0.387. The van der Waals surface area contributed by atoms with Gasteiger partial charge >= 0.3 is 57.4 Å². The molecule has 0 unspecified atom stereocenters. The van der Waals surface area contributed by atoms with Crippen LogP contribution in [0.15, 0.2) is 48.0 Å². The van der Waals surface area contributed by atoms with Gasteiger partial charge in [-0.2, -0.15) is 0 Å². The number of nitrogens with zero attached hydrogens (tertiary/aromatic N) is 1. The van der Waals surface area contributed by atoms with E-state index in [0.29, 0.717) is 5.56 Å². The van der Waals surface area contributed by atoms with Crippen LogP contribution in [0.25, 0.3) is 0 Å². The number of hydrogen-bond donors (Lipinski definition) is 1. The van der Waals surface area contributed by atoms with Crippen molar-refractivity contribution < 1.29 is 66.4 Å². The van der Waals surface area contributed by atoms with E-state index < -0.39 is 17.9 Å². The molecule has 0 saturated heterocycles. The third-order valence-corrected chi connectivity index (χ3v) is 1.97. The van der Waals surface area contributed by atoms with E-state index in [4.69, 9.17) is 5.11 Å². The number of carboxylic acid groups (broad SMARTS) is 1. The summed E-state index contributed by atoms with van der Waals surface area (Å²) >= 11 is 0. The molecule has 0 aliphatic rings. The van der Waals surface area contributed by atoms with Crippen molar-refractivity contribution in [1.29, 1.82) is 0 Å². The Morgan fingerprint density at radius 1 is 1.47 bits per heavy atom. The molecule has 0 heterocycles. The van der Waals surface area contributed by atoms with E-state index in [-0.39, 0.29) is 57.8 Å². The fourth-order valence-corrected chi connectivity index (χ4v) is 1.16. The first-order valence-electron chi connectivity index (χ1n) is 4.79. The van der Waals surface area contributed by atoms with Crippen LogP contribution < -0.4 is 56.5 Å². The molecule has 1 atom stereocenters. The van der Waals surface area contributed by atoms with Gasteiger partial charge in [0.05, 0.1) is 0 Å². The van der Waals surface area contributed by atoms with Crippen LogP contribution in [-0.4, -0.2) is 23.0 Å². The van der Waals surface area contributed by atoms with Gasteiger partial charge in [0.1, 0.15) is 6.04 Å². The van der Waals surface area contributed by atoms with Gasteiger partial charge in [0.25, 0.3) is 0 Å². The van der Waals surface area contributed by atoms with Crippen molar-refractivity contribution in [3.63, 3.8) is 0 Å². The van der Waals surface area contributed by atoms with Crippen molar-refractivity contribution in [3.8, 4) is 0 Å². The molecule has 84 valence electrons. The van der Waals surface area contributed by atoms with Crippen LogP contribution in [0.5, 0.6) is 0 Å². The third-order valence-electron chi connectivity index (χ3n) is 1.97. The molecule has 0 aliphatic heterocycles. The summed E-state index contributed by atoms with van der Waals surface area (Å²) < 4.78 is 0. The molecule has 0 saturated carbocycles. The summed E-state index contributed by atoms with van der Waals surface area (Å²) in [5.74, 6) is -1.64. The zero-order valence-electron chi connectivity index (χ0n) is 9.67. The Labute approximate surface area is 142 Å². The number of hydrogen-bond acceptors (Lipinski definition) is 3. The maximum atomic E-state index is 11.6. The summed E-state index contributed by atoms with van der Waals surface area (Å²) in [6.45, 7) is 3.43. The molecule has 1 rings (SSSR count). The summed E-state index contributed by atoms with van der Waals surface area (Å²) in [5, 5.41) is 20.4. The quantitative estimate of drug-likeness (QED) is 0.282. The van der Waals surface area contributed by atoms with Gasteiger partial charge in [-0.3, -0.25) is 4.99 Å². The Balaban J connectivity index is 0.00000256. The maximum absolute atomic E-state index is 11.6. The molecule has 0 bridgehead atoms. The van der Waals surface area contributed by atoms with Crippen molar-refractivity contribution >= 4 is 11.9 Å². The van der Waals surface area contributed by atoms with Gasteiger partial charge in [0, 0.05) is 0 Å². The van der Waals surface area contributed by atoms with Crippen molar-refractivity contribution in [2.45, 2.75) is 12.5 Å². The van der Waals surface area contributed by atoms with Crippen LogP contribution in [0.2, 0.25) is 0 Å². The molecule has 17 heavy (non-hydrogen) atoms. The summed E-state index contributed by atoms with van der Waals surface area (Å²) in [6, 6.07) is 7.31. The molecule has 4 nitrogen and oxygen atoms in total. The van der Waals surface area contributed by atoms with Crippen LogP contribution >= 0.6 is 0 Å². The van der Waals surface area contributed by atoms with Crippen molar-refractivity contribution in [2.24, 2.45) is 4.99 Å². The van der Waals surface area contributed by atoms with Crippen LogP contribution in [0.1, 0.15) is 12.0 Å². The average Bonchev–Trinajstić information content (AvgIpc) is 2.29. The van der Waals surface area contributed by atoms with Crippen LogP contribution in [0, 0.1) is 0 Å². The number of aliphatic imine (C=N–C) groups is 1. The summed E-state index contributed by atoms with van der Waals surface area (Å²) in [6.07, 6.45) is 1.58. The number of carboxylic acids is 1. The Morgan fingerprint density at radius 3 is 2.53 bits per heavy atom. The SMILES string of the molecule is C=CC[C@@H](N=C([O-])c1ccccc1)C(=O)O.[K+]. The van der Waals surface area contributed by atoms with Gasteiger partial charge in [-0.25, -0.2) is 4.79 Å². The number of carbonyl (C=O) groups is 1. The van der Waals surface area contributed by atoms with Crippen LogP contribution in [0.4, 0.5) is 0 Å². The van der Waals surface area contributed by atoms with Crippen molar-refractivity contribution in [3.05, 3.63) is 48.6 Å². The Hall–Kier alpha value is -0.464. The molecule has 0 amide bonds. The predicted molar refractivity (Wildman–Crippen MR) is 59.2 cm³/mol. The molecule has 0 radical (unpaired) electrons. The van der Waals surface area contributed by atoms with Crippen molar-refractivity contribution in [2.75, 3.05) is 0 Å². The molecule has 0 spiro atoms. The fraction of sp³-hybridized carbons (Fsp3) is 0.167. The van der Waals surface area contributed by atoms with E-state index in [2.05, 4.69) is 11.6 Å². The molecule has 5 heteroatoms. The molecule has 0 fully saturated rings. The van der Waals surface area contributed by atoms with E-state index in [1.165, 1.54) is 6.08 Å². The van der Waals surface area contributed by atoms with E-state index in [1.807, 2.05) is 0 Å². The fourth-order valence-electron chi connectivity index (χ4n) is 1.16. The first-order valence-corrected chi connectivity index (χ1v) is 4.79. The van der Waals surface area contributed by atoms with Gasteiger partial charge in [0.2, 0.25) is 0 Å². The van der Waals surface area contributed by atoms with Crippen molar-refractivity contribution in [1.82, 2.24) is 0 Å². The summed E-state index contributed by atoms with van der Waals surface area (Å²) in [7, 11) is 0. The second-order valence-electron chi connectivity index (χ2n) is 3.18. The molecule has 1 aromatic rings. The number of rotatable bonds is 5. The standard InChI is InChI=1S/C12H13NO3.K/c1-2-6-10(12(15)16)13-11(14)9-7-4-3-5-8-9;/h2-5,7-8,10H,1,6H2,(H,13,14)(H,15,16);/q;+1/p-1/t10-;/m1./s1. The van der Waals surface area contributed by atoms with E-state index in [9.17, 15) is 9.90 Å². The zero-order chi connectivity index (χ0) is 12.0. The molecule has 0 aromatic heterocycles. The zero-order valence-corrected chi connectivity index (χ0v) is 12.8. The minimum Gasteiger partial charge on any atom is -0.858 e. The van der Waals surface area contributed by atoms with E-state index >= 15 is 0 Å². The average molecular weight is 257 g/mol. The second-order valence-corrected chi connectivity index (χ2v) is 3.18. The van der Waals surface area contributed by atoms with E-state index in [0.717, 1.165) is 0 Å². The summed E-state index contributed by atoms with van der Waals surface area (Å²) in [4.78, 5) is 14.4. The van der Waals surface area contributed by atoms with Gasteiger partial charge in [-0.15, -0.1) is 6.58 Å².